The number of anilines is 1. The van der Waals surface area contributed by atoms with Crippen LogP contribution < -0.4 is 15.0 Å². The summed E-state index contributed by atoms with van der Waals surface area (Å²) in [4.78, 5) is 19.5. The highest BCUT2D eigenvalue weighted by Gasteiger charge is 2.33. The van der Waals surface area contributed by atoms with Crippen molar-refractivity contribution in [1.82, 2.24) is 14.9 Å². The molecule has 34 heavy (non-hydrogen) atoms. The van der Waals surface area contributed by atoms with Gasteiger partial charge in [-0.05, 0) is 59.8 Å². The molecule has 0 radical (unpaired) electrons. The fourth-order valence-electron chi connectivity index (χ4n) is 4.71. The Hall–Kier alpha value is -3.67. The first-order valence-electron chi connectivity index (χ1n) is 11.1. The summed E-state index contributed by atoms with van der Waals surface area (Å²) < 4.78 is 9.23. The molecule has 3 aromatic carbocycles. The van der Waals surface area contributed by atoms with Crippen molar-refractivity contribution in [3.63, 3.8) is 0 Å². The number of nitrogens with zero attached hydrogens (tertiary/aromatic N) is 4. The lowest BCUT2D eigenvalue weighted by Crippen LogP contribution is -2.38. The first-order chi connectivity index (χ1) is 16.6. The van der Waals surface area contributed by atoms with E-state index in [9.17, 15) is 10.1 Å². The Kier molecular flexibility index (Phi) is 5.09. The number of nitriles is 1. The van der Waals surface area contributed by atoms with Gasteiger partial charge in [-0.2, -0.15) is 5.26 Å². The Morgan fingerprint density at radius 1 is 1.15 bits per heavy atom. The molecule has 1 fully saturated rings. The number of halogens is 1. The number of carbonyl (C=O) groups excluding carboxylic acids is 1. The van der Waals surface area contributed by atoms with E-state index in [-0.39, 0.29) is 11.9 Å². The minimum atomic E-state index is -0.254. The van der Waals surface area contributed by atoms with Crippen LogP contribution in [-0.4, -0.2) is 28.0 Å². The van der Waals surface area contributed by atoms with Crippen molar-refractivity contribution in [2.75, 3.05) is 11.4 Å². The summed E-state index contributed by atoms with van der Waals surface area (Å²) in [6.07, 6.45) is 4.33. The molecule has 7 nitrogen and oxygen atoms in total. The summed E-state index contributed by atoms with van der Waals surface area (Å²) >= 11 is 3.64. The van der Waals surface area contributed by atoms with Crippen molar-refractivity contribution < 1.29 is 9.53 Å². The fraction of sp³-hybridized carbons (Fsp3) is 0.192. The number of hydrogen-bond acceptors (Lipinski definition) is 5. The third-order valence-corrected chi connectivity index (χ3v) is 7.17. The van der Waals surface area contributed by atoms with E-state index in [2.05, 4.69) is 32.3 Å². The van der Waals surface area contributed by atoms with Gasteiger partial charge >= 0.3 is 0 Å². The van der Waals surface area contributed by atoms with E-state index in [4.69, 9.17) is 4.74 Å². The van der Waals surface area contributed by atoms with Crippen LogP contribution in [0.15, 0.2) is 65.5 Å². The van der Waals surface area contributed by atoms with E-state index in [1.807, 2.05) is 58.1 Å². The summed E-state index contributed by atoms with van der Waals surface area (Å²) in [5.74, 6) is 1.17. The molecule has 2 aliphatic rings. The largest absolute Gasteiger partial charge is 0.456 e. The standard InChI is InChI=1S/C26H20BrN5O2/c27-22-5-6-24-21-10-19(3-4-20(21)22)34-25-9-16(1-2-17(25)11-28)14-31-15-29-12-18(31)13-30-23-7-8-32(24)26(23)33/h1-6,9-10,12,15,23,30H,7-8,13-14H2/t23-/m0/s1. The van der Waals surface area contributed by atoms with Crippen molar-refractivity contribution in [3.05, 3.63) is 82.3 Å². The molecule has 0 aliphatic carbocycles. The predicted molar refractivity (Wildman–Crippen MR) is 132 cm³/mol. The van der Waals surface area contributed by atoms with Crippen molar-refractivity contribution in [1.29, 1.82) is 5.26 Å². The van der Waals surface area contributed by atoms with Gasteiger partial charge in [0, 0.05) is 35.7 Å². The number of rotatable bonds is 0. The molecule has 6 bridgehead atoms. The molecule has 1 atom stereocenters. The highest BCUT2D eigenvalue weighted by atomic mass is 79.9. The number of imidazole rings is 1. The third-order valence-electron chi connectivity index (χ3n) is 6.48. The zero-order chi connectivity index (χ0) is 23.2. The van der Waals surface area contributed by atoms with Gasteiger partial charge in [0.25, 0.3) is 0 Å². The monoisotopic (exact) mass is 513 g/mol. The molecule has 1 saturated heterocycles. The quantitative estimate of drug-likeness (QED) is 0.367. The molecule has 1 aromatic heterocycles. The molecular weight excluding hydrogens is 494 g/mol. The highest BCUT2D eigenvalue weighted by molar-refractivity contribution is 9.10. The van der Waals surface area contributed by atoms with Gasteiger partial charge in [0.2, 0.25) is 5.91 Å². The Morgan fingerprint density at radius 3 is 2.94 bits per heavy atom. The highest BCUT2D eigenvalue weighted by Crippen LogP contribution is 2.38. The summed E-state index contributed by atoms with van der Waals surface area (Å²) in [5.41, 5.74) is 3.29. The molecule has 0 unspecified atom stereocenters. The summed E-state index contributed by atoms with van der Waals surface area (Å²) in [7, 11) is 0. The number of carbonyl (C=O) groups is 1. The molecule has 6 rings (SSSR count). The fourth-order valence-corrected chi connectivity index (χ4v) is 5.19. The van der Waals surface area contributed by atoms with Crippen LogP contribution in [-0.2, 0) is 17.9 Å². The lowest BCUT2D eigenvalue weighted by atomic mass is 10.1. The van der Waals surface area contributed by atoms with E-state index < -0.39 is 0 Å². The van der Waals surface area contributed by atoms with Crippen molar-refractivity contribution in [2.45, 2.75) is 25.6 Å². The van der Waals surface area contributed by atoms with Gasteiger partial charge in [0.1, 0.15) is 17.6 Å². The second-order valence-corrected chi connectivity index (χ2v) is 9.40. The minimum Gasteiger partial charge on any atom is -0.456 e. The van der Waals surface area contributed by atoms with Crippen LogP contribution in [0, 0.1) is 11.3 Å². The second kappa shape index (κ2) is 8.28. The molecule has 4 aromatic rings. The van der Waals surface area contributed by atoms with Crippen molar-refractivity contribution in [2.24, 2.45) is 0 Å². The first-order valence-corrected chi connectivity index (χ1v) is 11.9. The summed E-state index contributed by atoms with van der Waals surface area (Å²) in [6.45, 7) is 1.75. The number of amides is 1. The number of fused-ring (bicyclic) bond motifs is 7. The van der Waals surface area contributed by atoms with Crippen LogP contribution in [0.1, 0.15) is 23.2 Å². The molecule has 8 heteroatoms. The van der Waals surface area contributed by atoms with E-state index in [1.54, 1.807) is 12.4 Å². The van der Waals surface area contributed by atoms with Gasteiger partial charge in [-0.1, -0.05) is 22.0 Å². The third kappa shape index (κ3) is 3.54. The van der Waals surface area contributed by atoms with E-state index in [0.717, 1.165) is 38.6 Å². The number of hydrogen-bond donors (Lipinski definition) is 1. The number of benzene rings is 3. The summed E-state index contributed by atoms with van der Waals surface area (Å²) in [6, 6.07) is 17.3. The predicted octanol–water partition coefficient (Wildman–Crippen LogP) is 4.72. The van der Waals surface area contributed by atoms with Crippen LogP contribution in [0.5, 0.6) is 11.5 Å². The van der Waals surface area contributed by atoms with Crippen molar-refractivity contribution in [3.8, 4) is 17.6 Å². The van der Waals surface area contributed by atoms with Gasteiger partial charge in [-0.3, -0.25) is 4.79 Å². The second-order valence-electron chi connectivity index (χ2n) is 8.54. The first kappa shape index (κ1) is 20.9. The van der Waals surface area contributed by atoms with Gasteiger partial charge in [0.05, 0.1) is 29.3 Å². The SMILES string of the molecule is N#Cc1ccc2cc1Oc1ccc3c(Br)ccc(c3c1)N1CC[C@H](NCc3cncn3C2)C1=O. The molecule has 1 N–H and O–H groups in total. The van der Waals surface area contributed by atoms with E-state index in [1.165, 1.54) is 0 Å². The van der Waals surface area contributed by atoms with Crippen LogP contribution in [0.4, 0.5) is 5.69 Å². The topological polar surface area (TPSA) is 83.2 Å². The maximum absolute atomic E-state index is 13.3. The number of aromatic nitrogens is 2. The normalized spacial score (nSPS) is 17.5. The Labute approximate surface area is 204 Å². The van der Waals surface area contributed by atoms with Crippen molar-refractivity contribution >= 4 is 38.3 Å². The molecule has 0 saturated carbocycles. The molecule has 3 heterocycles. The smallest absolute Gasteiger partial charge is 0.244 e. The van der Waals surface area contributed by atoms with E-state index in [0.29, 0.717) is 36.7 Å². The Balaban J connectivity index is 1.53. The van der Waals surface area contributed by atoms with Crippen LogP contribution in [0.25, 0.3) is 10.8 Å². The molecule has 2 aliphatic heterocycles. The Morgan fingerprint density at radius 2 is 2.06 bits per heavy atom. The van der Waals surface area contributed by atoms with Crippen LogP contribution in [0.2, 0.25) is 0 Å². The maximum atomic E-state index is 13.3. The molecule has 1 amide bonds. The number of ether oxygens (including phenoxy) is 1. The van der Waals surface area contributed by atoms with Gasteiger partial charge < -0.3 is 19.5 Å². The summed E-state index contributed by atoms with van der Waals surface area (Å²) in [5, 5.41) is 15.0. The lowest BCUT2D eigenvalue weighted by molar-refractivity contribution is -0.118. The molecular formula is C26H20BrN5O2. The average Bonchev–Trinajstić information content (AvgIpc) is 3.43. The zero-order valence-corrected chi connectivity index (χ0v) is 19.7. The Bertz CT molecular complexity index is 1490. The van der Waals surface area contributed by atoms with Gasteiger partial charge in [0.15, 0.2) is 0 Å². The molecule has 168 valence electrons. The van der Waals surface area contributed by atoms with Crippen LogP contribution >= 0.6 is 15.9 Å². The zero-order valence-electron chi connectivity index (χ0n) is 18.2. The maximum Gasteiger partial charge on any atom is 0.244 e. The van der Waals surface area contributed by atoms with Gasteiger partial charge in [-0.25, -0.2) is 4.98 Å². The minimum absolute atomic E-state index is 0.0603. The number of nitrogens with one attached hydrogen (secondary N) is 1. The van der Waals surface area contributed by atoms with E-state index >= 15 is 0 Å². The molecule has 0 spiro atoms. The van der Waals surface area contributed by atoms with Crippen LogP contribution in [0.3, 0.4) is 0 Å². The lowest BCUT2D eigenvalue weighted by Gasteiger charge is -2.21. The van der Waals surface area contributed by atoms with Gasteiger partial charge in [-0.15, -0.1) is 0 Å². The average molecular weight is 514 g/mol.